The zero-order valence-corrected chi connectivity index (χ0v) is 28.1. The highest BCUT2D eigenvalue weighted by Crippen LogP contribution is 2.37. The SMILES string of the molecule is CCOc1cc([C@H]2NC(=O)NC(C)=C2C(=O)OC)ccc1OC[C@H](O)N/N=C\c1cc(Cl)c(OCc2ccc(Cl)c(Cl)c2)c(OC)c1. The van der Waals surface area contributed by atoms with Crippen molar-refractivity contribution in [1.29, 1.82) is 0 Å². The van der Waals surface area contributed by atoms with Crippen molar-refractivity contribution >= 4 is 53.0 Å². The maximum Gasteiger partial charge on any atom is 0.337 e. The summed E-state index contributed by atoms with van der Waals surface area (Å²) in [7, 11) is 2.75. The Morgan fingerprint density at radius 3 is 2.49 bits per heavy atom. The van der Waals surface area contributed by atoms with E-state index >= 15 is 0 Å². The molecule has 0 aromatic heterocycles. The summed E-state index contributed by atoms with van der Waals surface area (Å²) < 4.78 is 27.8. The molecule has 1 aliphatic rings. The fourth-order valence-corrected chi connectivity index (χ4v) is 5.15. The molecule has 1 aliphatic heterocycles. The summed E-state index contributed by atoms with van der Waals surface area (Å²) in [5.41, 5.74) is 5.16. The average Bonchev–Trinajstić information content (AvgIpc) is 3.04. The Morgan fingerprint density at radius 1 is 1.00 bits per heavy atom. The Kier molecular flexibility index (Phi) is 12.4. The van der Waals surface area contributed by atoms with Crippen molar-refractivity contribution in [3.05, 3.63) is 91.6 Å². The Morgan fingerprint density at radius 2 is 1.79 bits per heavy atom. The molecule has 0 spiro atoms. The highest BCUT2D eigenvalue weighted by molar-refractivity contribution is 6.42. The quantitative estimate of drug-likeness (QED) is 0.0711. The number of halogens is 3. The Balaban J connectivity index is 1.39. The van der Waals surface area contributed by atoms with Crippen LogP contribution in [0, 0.1) is 0 Å². The Labute approximate surface area is 286 Å². The van der Waals surface area contributed by atoms with Gasteiger partial charge in [-0.15, -0.1) is 0 Å². The lowest BCUT2D eigenvalue weighted by Gasteiger charge is -2.28. The van der Waals surface area contributed by atoms with Crippen LogP contribution < -0.4 is 35.0 Å². The maximum absolute atomic E-state index is 12.5. The van der Waals surface area contributed by atoms with E-state index in [-0.39, 0.29) is 23.8 Å². The molecule has 3 aromatic carbocycles. The van der Waals surface area contributed by atoms with Crippen LogP contribution in [-0.4, -0.2) is 57.0 Å². The van der Waals surface area contributed by atoms with Crippen LogP contribution in [0.1, 0.15) is 36.6 Å². The first kappa shape index (κ1) is 35.5. The number of aliphatic hydroxyl groups is 1. The maximum atomic E-state index is 12.5. The van der Waals surface area contributed by atoms with Gasteiger partial charge in [-0.05, 0) is 66.9 Å². The number of carbonyl (C=O) groups excluding carboxylic acids is 2. The number of nitrogens with zero attached hydrogens (tertiary/aromatic N) is 1. The molecule has 47 heavy (non-hydrogen) atoms. The minimum atomic E-state index is -1.20. The van der Waals surface area contributed by atoms with Gasteiger partial charge in [-0.3, -0.25) is 5.43 Å². The molecule has 4 rings (SSSR count). The van der Waals surface area contributed by atoms with E-state index in [4.69, 9.17) is 58.5 Å². The van der Waals surface area contributed by atoms with Gasteiger partial charge in [0.25, 0.3) is 0 Å². The van der Waals surface area contributed by atoms with Gasteiger partial charge < -0.3 is 39.4 Å². The van der Waals surface area contributed by atoms with Crippen molar-refractivity contribution < 1.29 is 38.4 Å². The average molecular weight is 708 g/mol. The zero-order chi connectivity index (χ0) is 34.1. The number of allylic oxidation sites excluding steroid dienone is 1. The number of aliphatic hydroxyl groups excluding tert-OH is 1. The number of ether oxygens (including phenoxy) is 5. The zero-order valence-electron chi connectivity index (χ0n) is 25.9. The van der Waals surface area contributed by atoms with Crippen LogP contribution in [0.2, 0.25) is 15.1 Å². The summed E-state index contributed by atoms with van der Waals surface area (Å²) >= 11 is 18.5. The van der Waals surface area contributed by atoms with Gasteiger partial charge in [0.15, 0.2) is 29.2 Å². The number of hydrazone groups is 1. The number of methoxy groups -OCH3 is 2. The fourth-order valence-electron chi connectivity index (χ4n) is 4.56. The predicted octanol–water partition coefficient (Wildman–Crippen LogP) is 5.75. The standard InChI is InChI=1S/C32H33Cl3N4O8/c1-5-45-25-13-20(29-28(31(41)44-4)17(2)37-32(42)38-29)7-9-24(25)46-16-27(40)39-36-14-19-11-23(35)30(26(12-19)43-3)47-15-18-6-8-21(33)22(34)10-18/h6-14,27,29,39-40H,5,15-16H2,1-4H3,(H2,37,38,42)/b36-14-/t27-,29+/m0/s1. The molecule has 0 aliphatic carbocycles. The van der Waals surface area contributed by atoms with E-state index in [9.17, 15) is 14.7 Å². The van der Waals surface area contributed by atoms with Crippen molar-refractivity contribution in [3.8, 4) is 23.0 Å². The molecule has 3 aromatic rings. The van der Waals surface area contributed by atoms with Gasteiger partial charge in [-0.2, -0.15) is 5.10 Å². The number of esters is 1. The molecular weight excluding hydrogens is 675 g/mol. The third kappa shape index (κ3) is 9.13. The number of urea groups is 1. The van der Waals surface area contributed by atoms with Crippen molar-refractivity contribution in [3.63, 3.8) is 0 Å². The predicted molar refractivity (Wildman–Crippen MR) is 178 cm³/mol. The van der Waals surface area contributed by atoms with Gasteiger partial charge in [-0.25, -0.2) is 9.59 Å². The van der Waals surface area contributed by atoms with Crippen LogP contribution in [0.5, 0.6) is 23.0 Å². The largest absolute Gasteiger partial charge is 0.493 e. The van der Waals surface area contributed by atoms with Crippen LogP contribution in [0.3, 0.4) is 0 Å². The summed E-state index contributed by atoms with van der Waals surface area (Å²) in [6, 6.07) is 12.2. The van der Waals surface area contributed by atoms with E-state index in [1.54, 1.807) is 62.4 Å². The first-order chi connectivity index (χ1) is 22.5. The molecule has 2 amide bonds. The van der Waals surface area contributed by atoms with E-state index < -0.39 is 24.3 Å². The molecule has 0 bridgehead atoms. The normalized spacial score (nSPS) is 15.1. The topological polar surface area (TPSA) is 149 Å². The fraction of sp³-hybridized carbons (Fsp3) is 0.281. The molecule has 0 radical (unpaired) electrons. The summed E-state index contributed by atoms with van der Waals surface area (Å²) in [5, 5.41) is 21.0. The number of rotatable bonds is 14. The first-order valence-corrected chi connectivity index (χ1v) is 15.3. The van der Waals surface area contributed by atoms with Gasteiger partial charge >= 0.3 is 12.0 Å². The van der Waals surface area contributed by atoms with Crippen LogP contribution in [0.4, 0.5) is 4.79 Å². The molecule has 2 atom stereocenters. The highest BCUT2D eigenvalue weighted by Gasteiger charge is 2.32. The number of nitrogens with one attached hydrogen (secondary N) is 3. The number of benzene rings is 3. The van der Waals surface area contributed by atoms with Gasteiger partial charge in [0.1, 0.15) is 13.2 Å². The molecule has 15 heteroatoms. The third-order valence-corrected chi connectivity index (χ3v) is 7.75. The van der Waals surface area contributed by atoms with Crippen LogP contribution in [0.15, 0.2) is 64.9 Å². The molecule has 0 saturated carbocycles. The van der Waals surface area contributed by atoms with E-state index in [2.05, 4.69) is 21.2 Å². The van der Waals surface area contributed by atoms with Crippen molar-refractivity contribution in [2.24, 2.45) is 5.10 Å². The monoisotopic (exact) mass is 706 g/mol. The summed E-state index contributed by atoms with van der Waals surface area (Å²) in [6.45, 7) is 3.72. The highest BCUT2D eigenvalue weighted by atomic mass is 35.5. The second-order valence-corrected chi connectivity index (χ2v) is 11.2. The molecule has 0 unspecified atom stereocenters. The van der Waals surface area contributed by atoms with E-state index in [1.165, 1.54) is 20.4 Å². The second kappa shape index (κ2) is 16.5. The van der Waals surface area contributed by atoms with Gasteiger partial charge in [-0.1, -0.05) is 46.9 Å². The number of hydrogen-bond donors (Lipinski definition) is 4. The van der Waals surface area contributed by atoms with Gasteiger partial charge in [0.2, 0.25) is 0 Å². The van der Waals surface area contributed by atoms with Crippen LogP contribution in [0.25, 0.3) is 0 Å². The minimum absolute atomic E-state index is 0.182. The molecule has 1 heterocycles. The molecule has 4 N–H and O–H groups in total. The van der Waals surface area contributed by atoms with Crippen LogP contribution in [-0.2, 0) is 16.1 Å². The Hall–Kier alpha value is -4.36. The lowest BCUT2D eigenvalue weighted by Crippen LogP contribution is -2.45. The molecule has 250 valence electrons. The molecular formula is C32H33Cl3N4O8. The number of hydrogen-bond acceptors (Lipinski definition) is 10. The lowest BCUT2D eigenvalue weighted by atomic mass is 9.95. The van der Waals surface area contributed by atoms with Crippen molar-refractivity contribution in [2.45, 2.75) is 32.7 Å². The summed E-state index contributed by atoms with van der Waals surface area (Å²) in [5.74, 6) is 0.804. The Bertz CT molecular complexity index is 1680. The third-order valence-electron chi connectivity index (χ3n) is 6.73. The molecule has 12 nitrogen and oxygen atoms in total. The van der Waals surface area contributed by atoms with Crippen LogP contribution >= 0.6 is 34.8 Å². The van der Waals surface area contributed by atoms with Gasteiger partial charge in [0.05, 0.1) is 53.7 Å². The van der Waals surface area contributed by atoms with Crippen molar-refractivity contribution in [2.75, 3.05) is 27.4 Å². The molecule has 0 saturated heterocycles. The van der Waals surface area contributed by atoms with E-state index in [1.807, 2.05) is 0 Å². The minimum Gasteiger partial charge on any atom is -0.493 e. The second-order valence-electron chi connectivity index (χ2n) is 9.99. The number of amides is 2. The van der Waals surface area contributed by atoms with E-state index in [0.717, 1.165) is 5.56 Å². The lowest BCUT2D eigenvalue weighted by molar-refractivity contribution is -0.136. The first-order valence-electron chi connectivity index (χ1n) is 14.2. The smallest absolute Gasteiger partial charge is 0.337 e. The van der Waals surface area contributed by atoms with Gasteiger partial charge in [0, 0.05) is 5.70 Å². The van der Waals surface area contributed by atoms with E-state index in [0.29, 0.717) is 56.5 Å². The summed E-state index contributed by atoms with van der Waals surface area (Å²) in [6.07, 6.45) is 0.245. The number of carbonyl (C=O) groups is 2. The van der Waals surface area contributed by atoms with Crippen molar-refractivity contribution in [1.82, 2.24) is 16.1 Å². The molecule has 0 fully saturated rings. The summed E-state index contributed by atoms with van der Waals surface area (Å²) in [4.78, 5) is 24.6.